The van der Waals surface area contributed by atoms with E-state index in [1.807, 2.05) is 0 Å². The first-order valence-corrected chi connectivity index (χ1v) is 26.8. The van der Waals surface area contributed by atoms with Crippen molar-refractivity contribution in [3.63, 3.8) is 0 Å². The highest BCUT2D eigenvalue weighted by Crippen LogP contribution is 2.46. The number of ether oxygens (including phenoxy) is 3. The highest BCUT2D eigenvalue weighted by atomic mass is 19.1. The third-order valence-electron chi connectivity index (χ3n) is 15.2. The summed E-state index contributed by atoms with van der Waals surface area (Å²) >= 11 is 0. The first kappa shape index (κ1) is 52.6. The van der Waals surface area contributed by atoms with Crippen LogP contribution in [0.2, 0.25) is 0 Å². The number of imidazole rings is 2. The van der Waals surface area contributed by atoms with Crippen LogP contribution in [0.15, 0.2) is 97.8 Å². The third-order valence-corrected chi connectivity index (χ3v) is 15.2. The van der Waals surface area contributed by atoms with Gasteiger partial charge in [0.2, 0.25) is 0 Å². The summed E-state index contributed by atoms with van der Waals surface area (Å²) in [5, 5.41) is 18.9. The maximum Gasteiger partial charge on any atom is 0.302 e. The van der Waals surface area contributed by atoms with Crippen LogP contribution in [0.3, 0.4) is 0 Å². The maximum absolute atomic E-state index is 15.5. The van der Waals surface area contributed by atoms with Gasteiger partial charge in [-0.3, -0.25) is 23.7 Å². The highest BCUT2D eigenvalue weighted by molar-refractivity contribution is 6.11. The zero-order valence-electron chi connectivity index (χ0n) is 44.8. The van der Waals surface area contributed by atoms with Crippen molar-refractivity contribution >= 4 is 51.5 Å². The number of pyridine rings is 2. The molecule has 10 aromatic rings. The average Bonchev–Trinajstić information content (AvgIpc) is 3.26. The second-order valence-corrected chi connectivity index (χ2v) is 20.8. The van der Waals surface area contributed by atoms with Gasteiger partial charge in [0, 0.05) is 68.1 Å². The number of halogens is 4. The maximum atomic E-state index is 15.5. The second-order valence-electron chi connectivity index (χ2n) is 20.8. The van der Waals surface area contributed by atoms with Gasteiger partial charge in [0.1, 0.15) is 77.4 Å². The number of fused-ring (bicyclic) bond motifs is 4. The summed E-state index contributed by atoms with van der Waals surface area (Å²) in [7, 11) is 3.58. The Morgan fingerprint density at radius 3 is 1.53 bits per heavy atom. The smallest absolute Gasteiger partial charge is 0.302 e. The predicted octanol–water partition coefficient (Wildman–Crippen LogP) is 10.00. The molecule has 19 nitrogen and oxygen atoms in total. The van der Waals surface area contributed by atoms with Gasteiger partial charge in [0.05, 0.1) is 65.6 Å². The van der Waals surface area contributed by atoms with Crippen molar-refractivity contribution in [2.45, 2.75) is 57.7 Å². The van der Waals surface area contributed by atoms with Crippen LogP contribution in [0.4, 0.5) is 28.9 Å². The number of aromatic nitrogens is 10. The lowest BCUT2D eigenvalue weighted by molar-refractivity contribution is -0.142. The molecule has 0 saturated heterocycles. The van der Waals surface area contributed by atoms with Gasteiger partial charge in [-0.15, -0.1) is 0 Å². The van der Waals surface area contributed by atoms with Crippen LogP contribution in [-0.4, -0.2) is 98.7 Å². The SMILES string of the molecule is CC(=O)OCc1c(-c2ccnc3nc(-c4cnn(C)c4)[nH]c23)cc(F)cc1N1CCOc2cc(C3CC3)cc(F)c2C1=O.Cn1cc(-c2nc3nccc(-c4cc(F)cc(N5CCOc6cc(C7CC7)cc(F)c6C5=O)c4CO)c3[nH]2)cn1. The number of amides is 2. The Kier molecular flexibility index (Phi) is 13.3. The van der Waals surface area contributed by atoms with Gasteiger partial charge in [-0.25, -0.2) is 37.5 Å². The van der Waals surface area contributed by atoms with Crippen LogP contribution in [0.1, 0.15) is 87.4 Å². The lowest BCUT2D eigenvalue weighted by atomic mass is 9.97. The number of carbonyl (C=O) groups excluding carboxylic acids is 3. The monoisotopic (exact) mass is 1130 g/mol. The molecular weight excluding hydrogens is 1080 g/mol. The quantitative estimate of drug-likeness (QED) is 0.0811. The number of aliphatic hydroxyl groups excluding tert-OH is 1. The number of H-pyrrole nitrogens is 2. The van der Waals surface area contributed by atoms with Gasteiger partial charge in [-0.1, -0.05) is 0 Å². The number of nitrogens with one attached hydrogen (secondary N) is 2. The van der Waals surface area contributed by atoms with Crippen molar-refractivity contribution in [3.05, 3.63) is 154 Å². The lowest BCUT2D eigenvalue weighted by Gasteiger charge is -2.25. The number of anilines is 2. The molecule has 2 aliphatic heterocycles. The number of hydrogen-bond acceptors (Lipinski definition) is 13. The molecule has 8 heterocycles. The van der Waals surface area contributed by atoms with E-state index in [4.69, 9.17) is 14.2 Å². The van der Waals surface area contributed by atoms with Crippen LogP contribution in [0.5, 0.6) is 11.5 Å². The third kappa shape index (κ3) is 9.95. The zero-order chi connectivity index (χ0) is 57.4. The molecule has 2 fully saturated rings. The Balaban J connectivity index is 0.000000156. The molecule has 14 rings (SSSR count). The molecule has 2 saturated carbocycles. The molecule has 0 unspecified atom stereocenters. The van der Waals surface area contributed by atoms with Crippen LogP contribution in [0.25, 0.3) is 67.4 Å². The van der Waals surface area contributed by atoms with E-state index in [1.54, 1.807) is 84.9 Å². The fourth-order valence-electron chi connectivity index (χ4n) is 10.9. The number of aliphatic hydroxyl groups is 1. The topological polar surface area (TPSA) is 224 Å². The molecule has 0 spiro atoms. The largest absolute Gasteiger partial charge is 0.491 e. The number of aromatic amines is 2. The summed E-state index contributed by atoms with van der Waals surface area (Å²) in [4.78, 5) is 66.5. The number of benzene rings is 4. The molecule has 0 atom stereocenters. The van der Waals surface area contributed by atoms with Crippen molar-refractivity contribution in [2.75, 3.05) is 36.1 Å². The van der Waals surface area contributed by atoms with E-state index in [1.165, 1.54) is 53.1 Å². The second kappa shape index (κ2) is 21.0. The number of hydrogen-bond donors (Lipinski definition) is 3. The highest BCUT2D eigenvalue weighted by Gasteiger charge is 2.36. The summed E-state index contributed by atoms with van der Waals surface area (Å²) < 4.78 is 81.8. The molecular formula is C60H50F4N12O7. The number of rotatable bonds is 11. The van der Waals surface area contributed by atoms with Gasteiger partial charge in [0.25, 0.3) is 11.8 Å². The van der Waals surface area contributed by atoms with E-state index in [-0.39, 0.29) is 78.7 Å². The van der Waals surface area contributed by atoms with E-state index >= 15 is 17.6 Å². The summed E-state index contributed by atoms with van der Waals surface area (Å²) in [6.45, 7) is 0.687. The molecule has 0 radical (unpaired) electrons. The summed E-state index contributed by atoms with van der Waals surface area (Å²) in [6, 6.07) is 14.6. The standard InChI is InChI=1S/C31H26F2N6O4.C29H24F2N6O3/c1-16(40)43-15-23-22(21-5-6-34-30-28(21)36-29(37-30)19-13-35-38(2)14-19)11-20(32)12-25(23)39-7-8-42-26-10-18(17-3-4-17)9-24(33)27(26)31(39)41;1-36-13-17(12-33-36)27-34-26-19(4-5-32-28(26)35-27)20-10-18(30)11-23(21(20)14-38)37-6-7-40-24-9-16(15-2-3-15)8-22(31)25(24)29(37)39/h5-6,9-14,17H,3-4,7-8,15H2,1-2H3,(H,34,36,37);4-5,8-13,15,38H,2-3,6-7,14H2,1H3,(H,32,34,35). The molecule has 0 bridgehead atoms. The molecule has 6 aromatic heterocycles. The molecule has 420 valence electrons. The van der Waals surface area contributed by atoms with Crippen LogP contribution >= 0.6 is 0 Å². The van der Waals surface area contributed by atoms with Gasteiger partial charge in [-0.2, -0.15) is 10.2 Å². The van der Waals surface area contributed by atoms with Crippen LogP contribution < -0.4 is 19.3 Å². The average molecular weight is 1130 g/mol. The molecule has 2 aliphatic carbocycles. The number of esters is 1. The number of aryl methyl sites for hydroxylation is 2. The normalized spacial score (nSPS) is 15.1. The van der Waals surface area contributed by atoms with E-state index in [0.717, 1.165) is 47.9 Å². The lowest BCUT2D eigenvalue weighted by Crippen LogP contribution is -2.34. The molecule has 4 aliphatic rings. The molecule has 83 heavy (non-hydrogen) atoms. The van der Waals surface area contributed by atoms with Crippen molar-refractivity contribution < 1.29 is 51.3 Å². The predicted molar refractivity (Wildman–Crippen MR) is 295 cm³/mol. The first-order chi connectivity index (χ1) is 40.2. The summed E-state index contributed by atoms with van der Waals surface area (Å²) in [6.07, 6.45) is 13.9. The Hall–Kier alpha value is -9.77. The van der Waals surface area contributed by atoms with Crippen molar-refractivity contribution in [1.29, 1.82) is 0 Å². The minimum atomic E-state index is -0.689. The van der Waals surface area contributed by atoms with E-state index in [9.17, 15) is 19.5 Å². The Morgan fingerprint density at radius 2 is 1.11 bits per heavy atom. The van der Waals surface area contributed by atoms with E-state index in [0.29, 0.717) is 67.4 Å². The Bertz CT molecular complexity index is 4280. The van der Waals surface area contributed by atoms with E-state index in [2.05, 4.69) is 40.1 Å². The van der Waals surface area contributed by atoms with Crippen LogP contribution in [0, 0.1) is 23.3 Å². The minimum Gasteiger partial charge on any atom is -0.491 e. The molecule has 3 N–H and O–H groups in total. The van der Waals surface area contributed by atoms with Crippen molar-refractivity contribution in [1.82, 2.24) is 49.5 Å². The molecule has 23 heteroatoms. The van der Waals surface area contributed by atoms with Crippen LogP contribution in [-0.2, 0) is 36.8 Å². The molecule has 2 amide bonds. The van der Waals surface area contributed by atoms with Crippen molar-refractivity contribution in [2.24, 2.45) is 14.1 Å². The fourth-order valence-corrected chi connectivity index (χ4v) is 10.9. The summed E-state index contributed by atoms with van der Waals surface area (Å²) in [5.41, 5.74) is 7.20. The van der Waals surface area contributed by atoms with Gasteiger partial charge < -0.3 is 39.1 Å². The molecule has 4 aromatic carbocycles. The van der Waals surface area contributed by atoms with Gasteiger partial charge in [-0.05, 0) is 120 Å². The Morgan fingerprint density at radius 1 is 0.651 bits per heavy atom. The number of nitrogens with zero attached hydrogens (tertiary/aromatic N) is 10. The Labute approximate surface area is 469 Å². The minimum absolute atomic E-state index is 0.0165. The van der Waals surface area contributed by atoms with Gasteiger partial charge >= 0.3 is 5.97 Å². The number of carbonyl (C=O) groups is 3. The zero-order valence-corrected chi connectivity index (χ0v) is 44.8. The van der Waals surface area contributed by atoms with Crippen molar-refractivity contribution in [3.8, 4) is 56.5 Å². The summed E-state index contributed by atoms with van der Waals surface area (Å²) in [5.74, 6) is -2.57. The first-order valence-electron chi connectivity index (χ1n) is 26.8. The van der Waals surface area contributed by atoms with E-state index < -0.39 is 47.7 Å². The fraction of sp³-hybridized carbons (Fsp3) is 0.250. The van der Waals surface area contributed by atoms with Gasteiger partial charge in [0.15, 0.2) is 11.3 Å².